The van der Waals surface area contributed by atoms with Gasteiger partial charge in [0.05, 0.1) is 5.57 Å². The maximum Gasteiger partial charge on any atom is 0.166 e. The van der Waals surface area contributed by atoms with Crippen LogP contribution in [0.1, 0.15) is 20.3 Å². The number of allylic oxidation sites excluding steroid dienone is 1. The lowest BCUT2D eigenvalue weighted by atomic mass is 10.1. The minimum Gasteiger partial charge on any atom is -0.512 e. The first-order valence-electron chi connectivity index (χ1n) is 4.70. The number of nitrogens with zero attached hydrogens (tertiary/aromatic N) is 2. The van der Waals surface area contributed by atoms with E-state index in [1.165, 1.54) is 13.8 Å². The van der Waals surface area contributed by atoms with Crippen LogP contribution in [0, 0.1) is 0 Å². The molecule has 0 aromatic heterocycles. The van der Waals surface area contributed by atoms with Gasteiger partial charge in [0.15, 0.2) is 5.78 Å². The van der Waals surface area contributed by atoms with Gasteiger partial charge >= 0.3 is 0 Å². The molecule has 4 nitrogen and oxygen atoms in total. The highest BCUT2D eigenvalue weighted by Gasteiger charge is 2.21. The van der Waals surface area contributed by atoms with Crippen LogP contribution in [0.4, 0.5) is 0 Å². The molecule has 0 spiro atoms. The first kappa shape index (κ1) is 10.8. The molecule has 1 rings (SSSR count). The number of ketones is 1. The van der Waals surface area contributed by atoms with E-state index in [9.17, 15) is 9.90 Å². The highest BCUT2D eigenvalue weighted by molar-refractivity contribution is 6.21. The van der Waals surface area contributed by atoms with Gasteiger partial charge in [-0.15, -0.1) is 0 Å². The zero-order valence-corrected chi connectivity index (χ0v) is 8.87. The Morgan fingerprint density at radius 1 is 1.50 bits per heavy atom. The molecule has 0 unspecified atom stereocenters. The van der Waals surface area contributed by atoms with Crippen molar-refractivity contribution in [2.75, 3.05) is 20.1 Å². The average Bonchev–Trinajstić information content (AvgIpc) is 2.07. The van der Waals surface area contributed by atoms with Gasteiger partial charge in [0, 0.05) is 20.1 Å². The topological polar surface area (TPSA) is 52.9 Å². The molecule has 1 aliphatic rings. The summed E-state index contributed by atoms with van der Waals surface area (Å²) in [5.74, 6) is 0.520. The van der Waals surface area contributed by atoms with Gasteiger partial charge in [0.2, 0.25) is 0 Å². The number of carbonyl (C=O) groups is 1. The molecule has 0 radical (unpaired) electrons. The van der Waals surface area contributed by atoms with Gasteiger partial charge in [-0.2, -0.15) is 0 Å². The lowest BCUT2D eigenvalue weighted by Gasteiger charge is -2.26. The van der Waals surface area contributed by atoms with Crippen LogP contribution in [0.5, 0.6) is 0 Å². The summed E-state index contributed by atoms with van der Waals surface area (Å²) >= 11 is 0. The van der Waals surface area contributed by atoms with Crippen LogP contribution in [0.25, 0.3) is 0 Å². The largest absolute Gasteiger partial charge is 0.512 e. The molecule has 0 amide bonds. The molecule has 14 heavy (non-hydrogen) atoms. The maximum absolute atomic E-state index is 11.3. The number of hydrogen-bond acceptors (Lipinski definition) is 4. The molecule has 0 aromatic rings. The fourth-order valence-electron chi connectivity index (χ4n) is 1.56. The third-order valence-corrected chi connectivity index (χ3v) is 2.21. The summed E-state index contributed by atoms with van der Waals surface area (Å²) in [4.78, 5) is 17.5. The van der Waals surface area contributed by atoms with Crippen LogP contribution < -0.4 is 0 Å². The van der Waals surface area contributed by atoms with Gasteiger partial charge in [0.1, 0.15) is 11.6 Å². The highest BCUT2D eigenvalue weighted by atomic mass is 16.3. The lowest BCUT2D eigenvalue weighted by molar-refractivity contribution is -0.113. The van der Waals surface area contributed by atoms with Gasteiger partial charge in [-0.3, -0.25) is 9.79 Å². The standard InChI is InChI=1S/C10H16N2O2/c1-7(13)9(8(2)14)10-11-5-4-6-12(10)3/h13H,4-6H2,1-3H3/b9-7-. The molecule has 4 heteroatoms. The fourth-order valence-corrected chi connectivity index (χ4v) is 1.56. The molecule has 0 aliphatic carbocycles. The normalized spacial score (nSPS) is 18.8. The predicted molar refractivity (Wildman–Crippen MR) is 55.6 cm³/mol. The molecular formula is C10H16N2O2. The van der Waals surface area contributed by atoms with E-state index in [4.69, 9.17) is 0 Å². The van der Waals surface area contributed by atoms with Crippen LogP contribution in [-0.4, -0.2) is 41.8 Å². The zero-order valence-electron chi connectivity index (χ0n) is 8.87. The van der Waals surface area contributed by atoms with Crippen molar-refractivity contribution in [3.05, 3.63) is 11.3 Å². The van der Waals surface area contributed by atoms with Gasteiger partial charge in [-0.1, -0.05) is 0 Å². The molecule has 78 valence electrons. The number of Topliss-reactive ketones (excluding diaryl/α,β-unsaturated/α-hetero) is 1. The number of carbonyl (C=O) groups excluding carboxylic acids is 1. The van der Waals surface area contributed by atoms with Crippen molar-refractivity contribution in [1.82, 2.24) is 4.90 Å². The Morgan fingerprint density at radius 3 is 2.57 bits per heavy atom. The second-order valence-electron chi connectivity index (χ2n) is 3.50. The zero-order chi connectivity index (χ0) is 10.7. The summed E-state index contributed by atoms with van der Waals surface area (Å²) in [5.41, 5.74) is 0.340. The Morgan fingerprint density at radius 2 is 2.14 bits per heavy atom. The SMILES string of the molecule is CC(=O)/C(C1=NCCCN1C)=C(\C)O. The van der Waals surface area contributed by atoms with E-state index in [1.54, 1.807) is 0 Å². The van der Waals surface area contributed by atoms with Crippen molar-refractivity contribution in [3.63, 3.8) is 0 Å². The smallest absolute Gasteiger partial charge is 0.166 e. The second-order valence-corrected chi connectivity index (χ2v) is 3.50. The van der Waals surface area contributed by atoms with Crippen LogP contribution >= 0.6 is 0 Å². The number of hydrogen-bond donors (Lipinski definition) is 1. The number of amidine groups is 1. The van der Waals surface area contributed by atoms with Crippen LogP contribution in [0.15, 0.2) is 16.3 Å². The summed E-state index contributed by atoms with van der Waals surface area (Å²) in [6, 6.07) is 0. The van der Waals surface area contributed by atoms with E-state index in [2.05, 4.69) is 4.99 Å². The highest BCUT2D eigenvalue weighted by Crippen LogP contribution is 2.12. The molecule has 1 heterocycles. The van der Waals surface area contributed by atoms with Gasteiger partial charge in [0.25, 0.3) is 0 Å². The van der Waals surface area contributed by atoms with E-state index in [1.807, 2.05) is 11.9 Å². The Labute approximate surface area is 83.9 Å². The van der Waals surface area contributed by atoms with Crippen LogP contribution in [0.3, 0.4) is 0 Å². The molecule has 0 bridgehead atoms. The molecular weight excluding hydrogens is 180 g/mol. The van der Waals surface area contributed by atoms with E-state index in [0.717, 1.165) is 19.5 Å². The van der Waals surface area contributed by atoms with Crippen molar-refractivity contribution in [2.45, 2.75) is 20.3 Å². The predicted octanol–water partition coefficient (Wildman–Crippen LogP) is 1.14. The maximum atomic E-state index is 11.3. The number of aliphatic hydroxyl groups excluding tert-OH is 1. The van der Waals surface area contributed by atoms with Crippen molar-refractivity contribution < 1.29 is 9.90 Å². The molecule has 0 fully saturated rings. The van der Waals surface area contributed by atoms with E-state index in [-0.39, 0.29) is 11.5 Å². The Bertz CT molecular complexity index is 301. The molecule has 0 aromatic carbocycles. The first-order valence-corrected chi connectivity index (χ1v) is 4.70. The summed E-state index contributed by atoms with van der Waals surface area (Å²) in [5, 5.41) is 9.40. The third-order valence-electron chi connectivity index (χ3n) is 2.21. The summed E-state index contributed by atoms with van der Waals surface area (Å²) in [7, 11) is 1.88. The van der Waals surface area contributed by atoms with Crippen molar-refractivity contribution >= 4 is 11.6 Å². The van der Waals surface area contributed by atoms with Crippen LogP contribution in [-0.2, 0) is 4.79 Å². The lowest BCUT2D eigenvalue weighted by Crippen LogP contribution is -2.35. The Kier molecular flexibility index (Phi) is 3.28. The van der Waals surface area contributed by atoms with Gasteiger partial charge in [-0.05, 0) is 20.3 Å². The van der Waals surface area contributed by atoms with E-state index < -0.39 is 0 Å². The quantitative estimate of drug-likeness (QED) is 0.532. The van der Waals surface area contributed by atoms with Crippen molar-refractivity contribution in [1.29, 1.82) is 0 Å². The van der Waals surface area contributed by atoms with Gasteiger partial charge < -0.3 is 10.0 Å². The summed E-state index contributed by atoms with van der Waals surface area (Å²) < 4.78 is 0. The molecule has 1 aliphatic heterocycles. The minimum absolute atomic E-state index is 0.0463. The molecule has 0 saturated heterocycles. The number of likely N-dealkylation sites (N-methyl/N-ethyl adjacent to an activating group) is 1. The van der Waals surface area contributed by atoms with Gasteiger partial charge in [-0.25, -0.2) is 0 Å². The molecule has 0 atom stereocenters. The van der Waals surface area contributed by atoms with Crippen LogP contribution in [0.2, 0.25) is 0 Å². The Balaban J connectivity index is 3.06. The monoisotopic (exact) mass is 196 g/mol. The third kappa shape index (κ3) is 2.13. The average molecular weight is 196 g/mol. The number of aliphatic imine (C=N–C) groups is 1. The first-order chi connectivity index (χ1) is 6.54. The minimum atomic E-state index is -0.141. The summed E-state index contributed by atoms with van der Waals surface area (Å²) in [6.45, 7) is 4.56. The Hall–Kier alpha value is -1.32. The van der Waals surface area contributed by atoms with Crippen molar-refractivity contribution in [2.24, 2.45) is 4.99 Å². The fraction of sp³-hybridized carbons (Fsp3) is 0.600. The molecule has 0 saturated carbocycles. The summed E-state index contributed by atoms with van der Waals surface area (Å²) in [6.07, 6.45) is 0.996. The van der Waals surface area contributed by atoms with E-state index >= 15 is 0 Å². The number of aliphatic hydroxyl groups is 1. The second kappa shape index (κ2) is 4.26. The number of rotatable bonds is 2. The van der Waals surface area contributed by atoms with E-state index in [0.29, 0.717) is 11.4 Å². The van der Waals surface area contributed by atoms with Crippen molar-refractivity contribution in [3.8, 4) is 0 Å². The molecule has 1 N–H and O–H groups in total.